The topological polar surface area (TPSA) is 55.1 Å². The number of hydrogen-bond donors (Lipinski definition) is 1. The summed E-state index contributed by atoms with van der Waals surface area (Å²) in [5, 5.41) is 7.58. The Morgan fingerprint density at radius 1 is 1.12 bits per heavy atom. The number of amides is 1. The van der Waals surface area contributed by atoms with E-state index in [1.54, 1.807) is 37.3 Å². The third-order valence-electron chi connectivity index (χ3n) is 3.39. The SMILES string of the molecule is Cc1onc(-c2c(Cl)cccc2Cl)c1C(=O)Nc1ccc(Br)cc1. The van der Waals surface area contributed by atoms with Crippen LogP contribution < -0.4 is 5.32 Å². The number of nitrogens with one attached hydrogen (secondary N) is 1. The van der Waals surface area contributed by atoms with Crippen molar-refractivity contribution in [3.63, 3.8) is 0 Å². The number of aromatic nitrogens is 1. The number of rotatable bonds is 3. The molecule has 0 saturated heterocycles. The number of anilines is 1. The van der Waals surface area contributed by atoms with Crippen molar-refractivity contribution in [2.24, 2.45) is 0 Å². The lowest BCUT2D eigenvalue weighted by Gasteiger charge is -2.08. The van der Waals surface area contributed by atoms with Crippen LogP contribution in [0.15, 0.2) is 51.5 Å². The zero-order chi connectivity index (χ0) is 17.3. The molecule has 3 rings (SSSR count). The maximum atomic E-state index is 12.7. The second kappa shape index (κ2) is 6.97. The van der Waals surface area contributed by atoms with Gasteiger partial charge in [-0.3, -0.25) is 4.79 Å². The smallest absolute Gasteiger partial charge is 0.261 e. The van der Waals surface area contributed by atoms with Gasteiger partial charge in [-0.15, -0.1) is 0 Å². The Bertz CT molecular complexity index is 887. The highest BCUT2D eigenvalue weighted by molar-refractivity contribution is 9.10. The molecule has 3 aromatic rings. The Kier molecular flexibility index (Phi) is 4.94. The van der Waals surface area contributed by atoms with Crippen molar-refractivity contribution in [2.45, 2.75) is 6.92 Å². The van der Waals surface area contributed by atoms with Gasteiger partial charge in [0, 0.05) is 15.7 Å². The number of halogens is 3. The predicted octanol–water partition coefficient (Wildman–Crippen LogP) is 5.97. The molecule has 0 atom stereocenters. The number of carbonyl (C=O) groups excluding carboxylic acids is 1. The van der Waals surface area contributed by atoms with Crippen LogP contribution in [0.25, 0.3) is 11.3 Å². The van der Waals surface area contributed by atoms with Crippen LogP contribution in [0.4, 0.5) is 5.69 Å². The van der Waals surface area contributed by atoms with E-state index in [1.165, 1.54) is 0 Å². The highest BCUT2D eigenvalue weighted by atomic mass is 79.9. The van der Waals surface area contributed by atoms with Crippen LogP contribution in [0.3, 0.4) is 0 Å². The summed E-state index contributed by atoms with van der Waals surface area (Å²) in [6.45, 7) is 1.66. The van der Waals surface area contributed by atoms with Gasteiger partial charge in [-0.2, -0.15) is 0 Å². The lowest BCUT2D eigenvalue weighted by atomic mass is 10.1. The molecule has 0 spiro atoms. The van der Waals surface area contributed by atoms with Crippen LogP contribution in [0.5, 0.6) is 0 Å². The van der Waals surface area contributed by atoms with E-state index in [9.17, 15) is 4.79 Å². The van der Waals surface area contributed by atoms with E-state index in [2.05, 4.69) is 26.4 Å². The van der Waals surface area contributed by atoms with E-state index in [0.29, 0.717) is 38.3 Å². The number of benzene rings is 2. The van der Waals surface area contributed by atoms with E-state index in [1.807, 2.05) is 12.1 Å². The van der Waals surface area contributed by atoms with Crippen molar-refractivity contribution >= 4 is 50.7 Å². The first-order valence-electron chi connectivity index (χ1n) is 6.95. The van der Waals surface area contributed by atoms with E-state index < -0.39 is 0 Å². The Morgan fingerprint density at radius 2 is 1.75 bits per heavy atom. The van der Waals surface area contributed by atoms with Crippen molar-refractivity contribution < 1.29 is 9.32 Å². The third kappa shape index (κ3) is 3.34. The minimum absolute atomic E-state index is 0.299. The number of nitrogens with zero attached hydrogens (tertiary/aromatic N) is 1. The number of aryl methyl sites for hydroxylation is 1. The Hall–Kier alpha value is -1.82. The summed E-state index contributed by atoms with van der Waals surface area (Å²) < 4.78 is 6.12. The van der Waals surface area contributed by atoms with E-state index in [-0.39, 0.29) is 5.91 Å². The molecule has 0 radical (unpaired) electrons. The third-order valence-corrected chi connectivity index (χ3v) is 4.55. The summed E-state index contributed by atoms with van der Waals surface area (Å²) >= 11 is 15.8. The number of carbonyl (C=O) groups is 1. The summed E-state index contributed by atoms with van der Waals surface area (Å²) in [5.74, 6) is 0.0395. The Balaban J connectivity index is 2.01. The van der Waals surface area contributed by atoms with Crippen molar-refractivity contribution in [1.82, 2.24) is 5.16 Å². The quantitative estimate of drug-likeness (QED) is 0.562. The highest BCUT2D eigenvalue weighted by Crippen LogP contribution is 2.37. The predicted molar refractivity (Wildman–Crippen MR) is 98.8 cm³/mol. The highest BCUT2D eigenvalue weighted by Gasteiger charge is 2.24. The Labute approximate surface area is 156 Å². The van der Waals surface area contributed by atoms with Crippen LogP contribution in [0, 0.1) is 6.92 Å². The zero-order valence-electron chi connectivity index (χ0n) is 12.4. The van der Waals surface area contributed by atoms with Gasteiger partial charge in [0.1, 0.15) is 17.0 Å². The van der Waals surface area contributed by atoms with E-state index >= 15 is 0 Å². The van der Waals surface area contributed by atoms with Gasteiger partial charge in [0.2, 0.25) is 0 Å². The molecule has 0 aliphatic rings. The van der Waals surface area contributed by atoms with Gasteiger partial charge >= 0.3 is 0 Å². The molecule has 0 aliphatic heterocycles. The van der Waals surface area contributed by atoms with E-state index in [4.69, 9.17) is 27.7 Å². The molecule has 4 nitrogen and oxygen atoms in total. The average molecular weight is 426 g/mol. The first kappa shape index (κ1) is 17.0. The molecule has 24 heavy (non-hydrogen) atoms. The van der Waals surface area contributed by atoms with Crippen LogP contribution in [-0.4, -0.2) is 11.1 Å². The second-order valence-corrected chi connectivity index (χ2v) is 6.75. The summed E-state index contributed by atoms with van der Waals surface area (Å²) in [6.07, 6.45) is 0. The molecular weight excluding hydrogens is 415 g/mol. The summed E-state index contributed by atoms with van der Waals surface area (Å²) in [6, 6.07) is 12.3. The summed E-state index contributed by atoms with van der Waals surface area (Å²) in [5.41, 5.74) is 1.74. The molecule has 122 valence electrons. The minimum Gasteiger partial charge on any atom is -0.360 e. The summed E-state index contributed by atoms with van der Waals surface area (Å²) in [4.78, 5) is 12.7. The van der Waals surface area contributed by atoms with Gasteiger partial charge in [-0.25, -0.2) is 0 Å². The standard InChI is InChI=1S/C17H11BrCl2N2O2/c1-9-14(17(23)21-11-7-5-10(18)6-8-11)16(22-24-9)15-12(19)3-2-4-13(15)20/h2-8H,1H3,(H,21,23). The van der Waals surface area contributed by atoms with Crippen LogP contribution in [-0.2, 0) is 0 Å². The molecule has 7 heteroatoms. The van der Waals surface area contributed by atoms with Crippen molar-refractivity contribution in [1.29, 1.82) is 0 Å². The van der Waals surface area contributed by atoms with Gasteiger partial charge in [-0.05, 0) is 43.3 Å². The molecule has 1 aromatic heterocycles. The molecule has 0 aliphatic carbocycles. The fourth-order valence-electron chi connectivity index (χ4n) is 2.26. The lowest BCUT2D eigenvalue weighted by Crippen LogP contribution is -2.13. The van der Waals surface area contributed by atoms with Gasteiger partial charge < -0.3 is 9.84 Å². The van der Waals surface area contributed by atoms with Crippen molar-refractivity contribution in [3.05, 3.63) is 68.3 Å². The van der Waals surface area contributed by atoms with Crippen molar-refractivity contribution in [2.75, 3.05) is 5.32 Å². The van der Waals surface area contributed by atoms with Crippen LogP contribution in [0.2, 0.25) is 10.0 Å². The van der Waals surface area contributed by atoms with Gasteiger partial charge in [-0.1, -0.05) is 50.4 Å². The molecule has 1 N–H and O–H groups in total. The van der Waals surface area contributed by atoms with Gasteiger partial charge in [0.15, 0.2) is 0 Å². The summed E-state index contributed by atoms with van der Waals surface area (Å²) in [7, 11) is 0. The molecule has 0 bridgehead atoms. The van der Waals surface area contributed by atoms with Crippen LogP contribution in [0.1, 0.15) is 16.1 Å². The van der Waals surface area contributed by atoms with Crippen molar-refractivity contribution in [3.8, 4) is 11.3 Å². The fraction of sp³-hybridized carbons (Fsp3) is 0.0588. The van der Waals surface area contributed by atoms with Gasteiger partial charge in [0.25, 0.3) is 5.91 Å². The van der Waals surface area contributed by atoms with E-state index in [0.717, 1.165) is 4.47 Å². The second-order valence-electron chi connectivity index (χ2n) is 5.02. The molecule has 2 aromatic carbocycles. The first-order chi connectivity index (χ1) is 11.5. The number of hydrogen-bond acceptors (Lipinski definition) is 3. The first-order valence-corrected chi connectivity index (χ1v) is 8.50. The molecular formula is C17H11BrCl2N2O2. The average Bonchev–Trinajstić information content (AvgIpc) is 2.91. The minimum atomic E-state index is -0.345. The normalized spacial score (nSPS) is 10.7. The Morgan fingerprint density at radius 3 is 2.38 bits per heavy atom. The fourth-order valence-corrected chi connectivity index (χ4v) is 3.10. The molecule has 1 heterocycles. The maximum absolute atomic E-state index is 12.7. The molecule has 0 unspecified atom stereocenters. The lowest BCUT2D eigenvalue weighted by molar-refractivity contribution is 0.102. The largest absolute Gasteiger partial charge is 0.360 e. The molecule has 0 saturated carbocycles. The molecule has 0 fully saturated rings. The molecule has 1 amide bonds. The maximum Gasteiger partial charge on any atom is 0.261 e. The monoisotopic (exact) mass is 424 g/mol. The van der Waals surface area contributed by atoms with Crippen LogP contribution >= 0.6 is 39.1 Å². The van der Waals surface area contributed by atoms with Gasteiger partial charge in [0.05, 0.1) is 10.0 Å². The zero-order valence-corrected chi connectivity index (χ0v) is 15.5.